The van der Waals surface area contributed by atoms with Crippen molar-refractivity contribution in [1.82, 2.24) is 4.90 Å². The average molecular weight is 515 g/mol. The predicted octanol–water partition coefficient (Wildman–Crippen LogP) is 4.21. The largest absolute Gasteiger partial charge is 0.501 e. The zero-order chi connectivity index (χ0) is 27.8. The van der Waals surface area contributed by atoms with Crippen molar-refractivity contribution < 1.29 is 32.9 Å². The van der Waals surface area contributed by atoms with Crippen LogP contribution in [-0.4, -0.2) is 81.4 Å². The molecular weight excluding hydrogens is 472 g/mol. The highest BCUT2D eigenvalue weighted by atomic mass is 16.7. The lowest BCUT2D eigenvalue weighted by atomic mass is 9.62. The van der Waals surface area contributed by atoms with E-state index < -0.39 is 42.6 Å². The van der Waals surface area contributed by atoms with Crippen LogP contribution >= 0.6 is 0 Å². The summed E-state index contributed by atoms with van der Waals surface area (Å²) in [7, 11) is 2.19. The van der Waals surface area contributed by atoms with Crippen LogP contribution in [0.3, 0.4) is 0 Å². The van der Waals surface area contributed by atoms with E-state index in [-0.39, 0.29) is 12.1 Å². The van der Waals surface area contributed by atoms with E-state index in [2.05, 4.69) is 4.90 Å². The lowest BCUT2D eigenvalue weighted by Gasteiger charge is -2.32. The maximum Gasteiger partial charge on any atom is 0.501 e. The molecule has 10 heteroatoms. The predicted molar refractivity (Wildman–Crippen MR) is 146 cm³/mol. The lowest BCUT2D eigenvalue weighted by molar-refractivity contribution is -0.137. The second kappa shape index (κ2) is 10.7. The van der Waals surface area contributed by atoms with Crippen molar-refractivity contribution in [3.05, 3.63) is 35.3 Å². The van der Waals surface area contributed by atoms with Crippen LogP contribution in [0.5, 0.6) is 5.75 Å². The molecule has 1 aromatic rings. The Morgan fingerprint density at radius 2 is 1.27 bits per heavy atom. The Balaban J connectivity index is 2.13. The van der Waals surface area contributed by atoms with Gasteiger partial charge in [0, 0.05) is 6.54 Å². The molecular formula is C27H43B2NO7. The lowest BCUT2D eigenvalue weighted by Crippen LogP contribution is -2.41. The van der Waals surface area contributed by atoms with E-state index in [0.29, 0.717) is 12.1 Å². The van der Waals surface area contributed by atoms with E-state index in [1.807, 2.05) is 93.8 Å². The smallest absolute Gasteiger partial charge is 0.492 e. The zero-order valence-corrected chi connectivity index (χ0v) is 24.4. The van der Waals surface area contributed by atoms with Crippen molar-refractivity contribution in [3.8, 4) is 5.75 Å². The molecule has 0 atom stereocenters. The molecule has 2 saturated heterocycles. The second-order valence-corrected chi connectivity index (χ2v) is 11.9. The number of esters is 1. The van der Waals surface area contributed by atoms with Gasteiger partial charge in [-0.1, -0.05) is 12.1 Å². The molecule has 1 aromatic carbocycles. The monoisotopic (exact) mass is 515 g/mol. The quantitative estimate of drug-likeness (QED) is 0.275. The van der Waals surface area contributed by atoms with Gasteiger partial charge in [-0.2, -0.15) is 0 Å². The molecule has 37 heavy (non-hydrogen) atoms. The number of ether oxygens (including phenoxy) is 2. The Bertz CT molecular complexity index is 971. The van der Waals surface area contributed by atoms with Gasteiger partial charge in [-0.25, -0.2) is 4.79 Å². The number of nitrogens with zero attached hydrogens (tertiary/aromatic N) is 1. The molecule has 2 fully saturated rings. The van der Waals surface area contributed by atoms with E-state index in [1.54, 1.807) is 6.92 Å². The standard InChI is InChI=1S/C27H43B2NO7/c1-12-32-23(31)22(29-36-26(6,7)27(8,9)37-29)21(28-34-24(2,3)25(4,5)35-28)19-13-15-20(16-14-19)33-18-17-30(10)11/h13-16H,12,17-18H2,1-11H3/b22-21+. The molecule has 0 spiro atoms. The third-order valence-electron chi connectivity index (χ3n) is 7.74. The summed E-state index contributed by atoms with van der Waals surface area (Å²) in [5.74, 6) is 0.198. The summed E-state index contributed by atoms with van der Waals surface area (Å²) in [6.07, 6.45) is 0. The van der Waals surface area contributed by atoms with Crippen LogP contribution < -0.4 is 4.74 Å². The third-order valence-corrected chi connectivity index (χ3v) is 7.74. The fourth-order valence-corrected chi connectivity index (χ4v) is 3.96. The molecule has 2 heterocycles. The number of likely N-dealkylation sites (N-methyl/N-ethyl adjacent to an activating group) is 1. The van der Waals surface area contributed by atoms with Crippen LogP contribution in [0.4, 0.5) is 0 Å². The first kappa shape index (κ1) is 29.7. The molecule has 0 N–H and O–H groups in total. The maximum absolute atomic E-state index is 13.5. The highest BCUT2D eigenvalue weighted by Gasteiger charge is 2.58. The molecule has 3 rings (SSSR count). The fraction of sp³-hybridized carbons (Fsp3) is 0.667. The van der Waals surface area contributed by atoms with E-state index in [9.17, 15) is 4.79 Å². The number of hydrogen-bond acceptors (Lipinski definition) is 8. The highest BCUT2D eigenvalue weighted by Crippen LogP contribution is 2.44. The molecule has 8 nitrogen and oxygen atoms in total. The van der Waals surface area contributed by atoms with Crippen LogP contribution in [0.2, 0.25) is 0 Å². The van der Waals surface area contributed by atoms with E-state index >= 15 is 0 Å². The van der Waals surface area contributed by atoms with Crippen molar-refractivity contribution >= 4 is 25.7 Å². The van der Waals surface area contributed by atoms with Gasteiger partial charge in [0.2, 0.25) is 0 Å². The summed E-state index contributed by atoms with van der Waals surface area (Å²) in [4.78, 5) is 15.6. The van der Waals surface area contributed by atoms with Gasteiger partial charge in [0.05, 0.1) is 34.5 Å². The van der Waals surface area contributed by atoms with Crippen LogP contribution in [0, 0.1) is 0 Å². The first-order chi connectivity index (χ1) is 17.0. The van der Waals surface area contributed by atoms with Crippen LogP contribution in [0.25, 0.3) is 5.47 Å². The summed E-state index contributed by atoms with van der Waals surface area (Å²) in [6.45, 7) is 19.0. The van der Waals surface area contributed by atoms with E-state index in [0.717, 1.165) is 17.9 Å². The normalized spacial score (nSPS) is 22.3. The van der Waals surface area contributed by atoms with Crippen LogP contribution in [-0.2, 0) is 28.1 Å². The summed E-state index contributed by atoms with van der Waals surface area (Å²) in [5, 5.41) is 0. The Labute approximate surface area is 223 Å². The molecule has 2 aliphatic heterocycles. The zero-order valence-electron chi connectivity index (χ0n) is 24.4. The van der Waals surface area contributed by atoms with Crippen LogP contribution in [0.15, 0.2) is 29.7 Å². The molecule has 0 aromatic heterocycles. The minimum Gasteiger partial charge on any atom is -0.492 e. The van der Waals surface area contributed by atoms with Gasteiger partial charge in [0.25, 0.3) is 0 Å². The van der Waals surface area contributed by atoms with Gasteiger partial charge in [-0.05, 0) is 99.6 Å². The SMILES string of the molecule is CCOC(=O)/C(B1OC(C)(C)C(C)(C)O1)=C(\B1OC(C)(C)C(C)(C)O1)c1ccc(OCCN(C)C)cc1. The molecule has 0 aliphatic carbocycles. The van der Waals surface area contributed by atoms with E-state index in [4.69, 9.17) is 28.1 Å². The molecule has 0 radical (unpaired) electrons. The Morgan fingerprint density at radius 3 is 1.70 bits per heavy atom. The summed E-state index contributed by atoms with van der Waals surface area (Å²) in [5.41, 5.74) is -1.05. The average Bonchev–Trinajstić information content (AvgIpc) is 3.11. The Morgan fingerprint density at radius 1 is 0.811 bits per heavy atom. The summed E-state index contributed by atoms with van der Waals surface area (Å²) in [6, 6.07) is 7.55. The van der Waals surface area contributed by atoms with Gasteiger partial charge in [0.15, 0.2) is 0 Å². The van der Waals surface area contributed by atoms with Crippen molar-refractivity contribution in [2.75, 3.05) is 33.9 Å². The minimum atomic E-state index is -0.964. The maximum atomic E-state index is 13.5. The number of benzene rings is 1. The first-order valence-electron chi connectivity index (χ1n) is 13.0. The van der Waals surface area contributed by atoms with Crippen molar-refractivity contribution in [3.63, 3.8) is 0 Å². The Hall–Kier alpha value is -1.84. The van der Waals surface area contributed by atoms with Gasteiger partial charge in [0.1, 0.15) is 12.4 Å². The summed E-state index contributed by atoms with van der Waals surface area (Å²) < 4.78 is 37.0. The Kier molecular flexibility index (Phi) is 8.62. The first-order valence-corrected chi connectivity index (χ1v) is 13.0. The second-order valence-electron chi connectivity index (χ2n) is 11.9. The highest BCUT2D eigenvalue weighted by molar-refractivity contribution is 6.77. The van der Waals surface area contributed by atoms with Gasteiger partial charge >= 0.3 is 20.2 Å². The molecule has 0 amide bonds. The molecule has 0 bridgehead atoms. The third kappa shape index (κ3) is 6.25. The van der Waals surface area contributed by atoms with Gasteiger partial charge < -0.3 is 33.0 Å². The topological polar surface area (TPSA) is 75.7 Å². The van der Waals surface area contributed by atoms with Crippen molar-refractivity contribution in [2.24, 2.45) is 0 Å². The number of hydrogen-bond donors (Lipinski definition) is 0. The number of rotatable bonds is 9. The van der Waals surface area contributed by atoms with E-state index in [1.165, 1.54) is 0 Å². The fourth-order valence-electron chi connectivity index (χ4n) is 3.96. The van der Waals surface area contributed by atoms with Gasteiger partial charge in [-0.15, -0.1) is 0 Å². The van der Waals surface area contributed by atoms with Crippen molar-refractivity contribution in [2.45, 2.75) is 84.7 Å². The van der Waals surface area contributed by atoms with Crippen molar-refractivity contribution in [1.29, 1.82) is 0 Å². The minimum absolute atomic E-state index is 0.205. The number of carbonyl (C=O) groups excluding carboxylic acids is 1. The van der Waals surface area contributed by atoms with Gasteiger partial charge in [-0.3, -0.25) is 0 Å². The molecule has 0 unspecified atom stereocenters. The molecule has 204 valence electrons. The molecule has 2 aliphatic rings. The molecule has 0 saturated carbocycles. The van der Waals surface area contributed by atoms with Crippen LogP contribution in [0.1, 0.15) is 67.9 Å². The summed E-state index contributed by atoms with van der Waals surface area (Å²) >= 11 is 0. The number of carbonyl (C=O) groups is 1.